The van der Waals surface area contributed by atoms with Gasteiger partial charge in [-0.15, -0.1) is 0 Å². The van der Waals surface area contributed by atoms with E-state index in [9.17, 15) is 28.4 Å². The average Bonchev–Trinajstić information content (AvgIpc) is 3.76. The number of imide groups is 1. The maximum Gasteiger partial charge on any atom is 0.274 e. The van der Waals surface area contributed by atoms with Gasteiger partial charge >= 0.3 is 0 Å². The van der Waals surface area contributed by atoms with Gasteiger partial charge in [-0.1, -0.05) is 0 Å². The number of carbonyl (C=O) groups is 4. The van der Waals surface area contributed by atoms with Crippen LogP contribution < -0.4 is 25.8 Å². The smallest absolute Gasteiger partial charge is 0.274 e. The molecule has 0 spiro atoms. The van der Waals surface area contributed by atoms with Crippen LogP contribution in [0.4, 0.5) is 15.9 Å². The summed E-state index contributed by atoms with van der Waals surface area (Å²) in [5.41, 5.74) is 1.91. The number of nitrogens with one attached hydrogen (secondary N) is 2. The number of ether oxygens (including phenoxy) is 1. The summed E-state index contributed by atoms with van der Waals surface area (Å²) in [4.78, 5) is 81.7. The van der Waals surface area contributed by atoms with Crippen LogP contribution in [0.5, 0.6) is 5.75 Å². The lowest BCUT2D eigenvalue weighted by molar-refractivity contribution is -0.135. The molecular formula is C40H46FN9O6. The lowest BCUT2D eigenvalue weighted by Crippen LogP contribution is -2.41. The highest BCUT2D eigenvalue weighted by Crippen LogP contribution is 2.38. The molecule has 1 aliphatic carbocycles. The van der Waals surface area contributed by atoms with Crippen molar-refractivity contribution in [1.82, 2.24) is 34.1 Å². The fourth-order valence-electron chi connectivity index (χ4n) is 8.07. The van der Waals surface area contributed by atoms with E-state index in [2.05, 4.69) is 25.5 Å². The molecule has 15 nitrogen and oxygen atoms in total. The second-order valence-corrected chi connectivity index (χ2v) is 15.6. The fourth-order valence-corrected chi connectivity index (χ4v) is 8.07. The first kappa shape index (κ1) is 37.3. The maximum absolute atomic E-state index is 13.7. The first-order chi connectivity index (χ1) is 27.0. The van der Waals surface area contributed by atoms with Gasteiger partial charge < -0.3 is 28.8 Å². The van der Waals surface area contributed by atoms with Crippen LogP contribution >= 0.6 is 0 Å². The number of nitrogens with zero attached hydrogens (tertiary/aromatic N) is 7. The summed E-state index contributed by atoms with van der Waals surface area (Å²) < 4.78 is 22.9. The van der Waals surface area contributed by atoms with Crippen molar-refractivity contribution in [3.63, 3.8) is 0 Å². The molecular weight excluding hydrogens is 721 g/mol. The highest BCUT2D eigenvalue weighted by atomic mass is 19.1. The van der Waals surface area contributed by atoms with E-state index in [0.29, 0.717) is 49.4 Å². The van der Waals surface area contributed by atoms with Crippen LogP contribution in [0.15, 0.2) is 54.0 Å². The van der Waals surface area contributed by atoms with Crippen LogP contribution in [-0.2, 0) is 14.4 Å². The zero-order valence-corrected chi connectivity index (χ0v) is 31.5. The molecule has 4 fully saturated rings. The minimum absolute atomic E-state index is 0.0655. The molecule has 4 aromatic heterocycles. The zero-order chi connectivity index (χ0) is 39.1. The predicted octanol–water partition coefficient (Wildman–Crippen LogP) is 4.14. The molecule has 0 aromatic carbocycles. The molecule has 294 valence electrons. The summed E-state index contributed by atoms with van der Waals surface area (Å²) in [6, 6.07) is 4.35. The van der Waals surface area contributed by atoms with E-state index in [4.69, 9.17) is 9.72 Å². The number of rotatable bonds is 10. The van der Waals surface area contributed by atoms with Crippen molar-refractivity contribution < 1.29 is 28.3 Å². The van der Waals surface area contributed by atoms with Crippen LogP contribution in [0.2, 0.25) is 0 Å². The molecule has 1 unspecified atom stereocenters. The molecule has 16 heteroatoms. The lowest BCUT2D eigenvalue weighted by atomic mass is 9.91. The van der Waals surface area contributed by atoms with Gasteiger partial charge in [0.1, 0.15) is 29.1 Å². The van der Waals surface area contributed by atoms with Gasteiger partial charge in [-0.05, 0) is 64.0 Å². The molecule has 4 amide bonds. The number of likely N-dealkylation sites (tertiary alicyclic amines) is 1. The van der Waals surface area contributed by atoms with E-state index in [1.165, 1.54) is 16.8 Å². The van der Waals surface area contributed by atoms with Gasteiger partial charge in [-0.25, -0.2) is 14.4 Å². The minimum Gasteiger partial charge on any atom is -0.490 e. The van der Waals surface area contributed by atoms with Crippen molar-refractivity contribution in [2.45, 2.75) is 95.4 Å². The molecule has 0 radical (unpaired) electrons. The number of hydrogen-bond acceptors (Lipinski definition) is 10. The second-order valence-electron chi connectivity index (χ2n) is 15.6. The number of piperidine rings is 3. The van der Waals surface area contributed by atoms with Gasteiger partial charge in [-0.3, -0.25) is 34.3 Å². The van der Waals surface area contributed by atoms with Gasteiger partial charge in [0.05, 0.1) is 47.4 Å². The number of pyridine rings is 2. The number of fused-ring (bicyclic) bond motifs is 1. The third-order valence-corrected chi connectivity index (χ3v) is 11.4. The van der Waals surface area contributed by atoms with Gasteiger partial charge in [0.25, 0.3) is 11.5 Å². The molecule has 3 saturated heterocycles. The standard InChI is InChI=1S/C40H46FN9O6/c1-23(2)56-33-18-34-44-31(22-49(34)21-27(33)39(54)45-29-4-3-11-50(40(29)55)32-17-28(32)41)25-9-14-48(15-10-25)37(52)16-24-7-12-47(13-8-24)35-20-42-30(19-43-35)26-5-6-36(51)46-38(26)53/h3-4,11,18-26,28,32H,5-10,12-17H2,1-2H3,(H,45,54)(H,46,51,53)/t26?,28-,32+/m1/s1. The first-order valence-electron chi connectivity index (χ1n) is 19.5. The van der Waals surface area contributed by atoms with E-state index >= 15 is 0 Å². The topological polar surface area (TPSA) is 173 Å². The summed E-state index contributed by atoms with van der Waals surface area (Å²) in [5, 5.41) is 5.08. The van der Waals surface area contributed by atoms with Crippen molar-refractivity contribution in [3.05, 3.63) is 76.5 Å². The number of halogens is 1. The SMILES string of the molecule is CC(C)Oc1cc2nc(C3CCN(C(=O)CC4CCN(c5cnc(C6CCC(=O)NC6=O)cn5)CC4)CC3)cn2cc1C(=O)Nc1cccn([C@H]2C[C@H]2F)c1=O. The monoisotopic (exact) mass is 767 g/mol. The van der Waals surface area contributed by atoms with E-state index in [0.717, 1.165) is 50.3 Å². The maximum atomic E-state index is 13.7. The summed E-state index contributed by atoms with van der Waals surface area (Å²) >= 11 is 0. The molecule has 56 heavy (non-hydrogen) atoms. The van der Waals surface area contributed by atoms with Crippen molar-refractivity contribution >= 4 is 40.8 Å². The summed E-state index contributed by atoms with van der Waals surface area (Å²) in [7, 11) is 0. The number of amides is 4. The molecule has 4 aromatic rings. The van der Waals surface area contributed by atoms with Crippen molar-refractivity contribution in [2.75, 3.05) is 36.4 Å². The molecule has 8 rings (SSSR count). The first-order valence-corrected chi connectivity index (χ1v) is 19.5. The Balaban J connectivity index is 0.851. The molecule has 3 aliphatic heterocycles. The van der Waals surface area contributed by atoms with Crippen LogP contribution in [0.1, 0.15) is 105 Å². The van der Waals surface area contributed by atoms with Crippen molar-refractivity contribution in [1.29, 1.82) is 0 Å². The summed E-state index contributed by atoms with van der Waals surface area (Å²) in [6.45, 7) is 6.53. The molecule has 1 saturated carbocycles. The number of imidazole rings is 1. The van der Waals surface area contributed by atoms with E-state index in [-0.39, 0.29) is 53.3 Å². The quantitative estimate of drug-likeness (QED) is 0.224. The molecule has 4 aliphatic rings. The zero-order valence-electron chi connectivity index (χ0n) is 31.5. The minimum atomic E-state index is -1.06. The number of aromatic nitrogens is 5. The Morgan fingerprint density at radius 3 is 2.45 bits per heavy atom. The molecule has 7 heterocycles. The fraction of sp³-hybridized carbons (Fsp3) is 0.500. The van der Waals surface area contributed by atoms with Gasteiger partial charge in [0.15, 0.2) is 0 Å². The predicted molar refractivity (Wildman–Crippen MR) is 203 cm³/mol. The van der Waals surface area contributed by atoms with Crippen molar-refractivity contribution in [2.24, 2.45) is 5.92 Å². The van der Waals surface area contributed by atoms with Gasteiger partial charge in [0.2, 0.25) is 17.7 Å². The number of hydrogen-bond donors (Lipinski definition) is 2. The van der Waals surface area contributed by atoms with E-state index in [1.807, 2.05) is 24.9 Å². The van der Waals surface area contributed by atoms with Crippen LogP contribution in [-0.4, -0.2) is 90.9 Å². The third kappa shape index (κ3) is 7.86. The van der Waals surface area contributed by atoms with Gasteiger partial charge in [-0.2, -0.15) is 0 Å². The second kappa shape index (κ2) is 15.5. The summed E-state index contributed by atoms with van der Waals surface area (Å²) in [6.07, 6.45) is 11.9. The lowest BCUT2D eigenvalue weighted by Gasteiger charge is -2.35. The highest BCUT2D eigenvalue weighted by Gasteiger charge is 2.40. The Kier molecular flexibility index (Phi) is 10.3. The molecule has 2 N–H and O–H groups in total. The highest BCUT2D eigenvalue weighted by molar-refractivity contribution is 6.06. The summed E-state index contributed by atoms with van der Waals surface area (Å²) in [5.74, 6) is 0.0998. The average molecular weight is 768 g/mol. The molecule has 0 bridgehead atoms. The number of anilines is 2. The van der Waals surface area contributed by atoms with Crippen LogP contribution in [0, 0.1) is 5.92 Å². The Hall–Kier alpha value is -5.67. The Morgan fingerprint density at radius 2 is 1.77 bits per heavy atom. The normalized spacial score (nSPS) is 22.0. The Labute approximate surface area is 322 Å². The largest absolute Gasteiger partial charge is 0.490 e. The van der Waals surface area contributed by atoms with E-state index < -0.39 is 29.6 Å². The Morgan fingerprint density at radius 1 is 1.00 bits per heavy atom. The Bertz CT molecular complexity index is 2210. The molecule has 3 atom stereocenters. The number of alkyl halides is 1. The van der Waals surface area contributed by atoms with Crippen LogP contribution in [0.25, 0.3) is 5.65 Å². The van der Waals surface area contributed by atoms with Crippen molar-refractivity contribution in [3.8, 4) is 5.75 Å². The van der Waals surface area contributed by atoms with E-state index in [1.54, 1.807) is 35.1 Å². The third-order valence-electron chi connectivity index (χ3n) is 11.4. The van der Waals surface area contributed by atoms with Crippen LogP contribution in [0.3, 0.4) is 0 Å². The number of carbonyl (C=O) groups excluding carboxylic acids is 4. The van der Waals surface area contributed by atoms with Gasteiger partial charge in [0, 0.05) is 76.0 Å².